The monoisotopic (exact) mass is 282 g/mol. The minimum Gasteiger partial charge on any atom is -0.459 e. The van der Waals surface area contributed by atoms with E-state index in [1.807, 2.05) is 13.8 Å². The smallest absolute Gasteiger partial charge is 0.286 e. The molecule has 0 aromatic carbocycles. The van der Waals surface area contributed by atoms with E-state index in [9.17, 15) is 9.59 Å². The topological polar surface area (TPSA) is 91.6 Å². The molecule has 0 aliphatic rings. The van der Waals surface area contributed by atoms with Gasteiger partial charge in [-0.05, 0) is 24.5 Å². The van der Waals surface area contributed by atoms with Gasteiger partial charge in [0.25, 0.3) is 5.91 Å². The zero-order chi connectivity index (χ0) is 15.0. The van der Waals surface area contributed by atoms with Crippen molar-refractivity contribution in [3.63, 3.8) is 0 Å². The molecule has 0 aliphatic carbocycles. The molecule has 0 saturated carbocycles. The highest BCUT2D eigenvalue weighted by Gasteiger charge is 2.15. The molecule has 1 aromatic rings. The van der Waals surface area contributed by atoms with E-state index in [1.54, 1.807) is 12.1 Å². The summed E-state index contributed by atoms with van der Waals surface area (Å²) in [5.74, 6) is 0.00465. The largest absolute Gasteiger partial charge is 0.459 e. The number of amides is 2. The van der Waals surface area contributed by atoms with Crippen molar-refractivity contribution in [1.82, 2.24) is 10.6 Å². The molecule has 0 bridgehead atoms. The highest BCUT2D eigenvalue weighted by Crippen LogP contribution is 2.05. The average molecular weight is 282 g/mol. The predicted molar refractivity (Wildman–Crippen MR) is 74.1 cm³/mol. The molecule has 0 radical (unpaired) electrons. The van der Waals surface area contributed by atoms with E-state index >= 15 is 0 Å². The van der Waals surface area contributed by atoms with Gasteiger partial charge in [-0.25, -0.2) is 0 Å². The summed E-state index contributed by atoms with van der Waals surface area (Å²) in [5.41, 5.74) is 0. The third-order valence-electron chi connectivity index (χ3n) is 2.97. The minimum atomic E-state index is -0.335. The normalized spacial score (nSPS) is 12.2. The number of hydrogen-bond acceptors (Lipinski definition) is 4. The summed E-state index contributed by atoms with van der Waals surface area (Å²) >= 11 is 0. The Morgan fingerprint density at radius 3 is 2.70 bits per heavy atom. The van der Waals surface area contributed by atoms with Crippen molar-refractivity contribution >= 4 is 11.8 Å². The number of nitrogens with one attached hydrogen (secondary N) is 2. The van der Waals surface area contributed by atoms with Crippen molar-refractivity contribution in [3.05, 3.63) is 24.2 Å². The number of hydrogen-bond donors (Lipinski definition) is 3. The Hall–Kier alpha value is -1.82. The van der Waals surface area contributed by atoms with Crippen LogP contribution in [0.4, 0.5) is 0 Å². The van der Waals surface area contributed by atoms with Crippen molar-refractivity contribution < 1.29 is 19.1 Å². The lowest BCUT2D eigenvalue weighted by atomic mass is 10.0. The quantitative estimate of drug-likeness (QED) is 0.661. The van der Waals surface area contributed by atoms with Crippen LogP contribution in [0.3, 0.4) is 0 Å². The summed E-state index contributed by atoms with van der Waals surface area (Å²) in [5, 5.41) is 14.4. The third-order valence-corrected chi connectivity index (χ3v) is 2.97. The summed E-state index contributed by atoms with van der Waals surface area (Å²) in [7, 11) is 0. The van der Waals surface area contributed by atoms with Crippen LogP contribution in [0.5, 0.6) is 0 Å². The van der Waals surface area contributed by atoms with E-state index in [-0.39, 0.29) is 49.1 Å². The van der Waals surface area contributed by atoms with Crippen LogP contribution in [-0.2, 0) is 4.79 Å². The van der Waals surface area contributed by atoms with E-state index in [1.165, 1.54) is 6.26 Å². The zero-order valence-electron chi connectivity index (χ0n) is 11.9. The zero-order valence-corrected chi connectivity index (χ0v) is 11.9. The predicted octanol–water partition coefficient (Wildman–Crippen LogP) is 0.923. The van der Waals surface area contributed by atoms with E-state index in [2.05, 4.69) is 10.6 Å². The van der Waals surface area contributed by atoms with Crippen LogP contribution in [0.1, 0.15) is 37.2 Å². The average Bonchev–Trinajstić information content (AvgIpc) is 2.91. The molecule has 0 spiro atoms. The number of furan rings is 1. The van der Waals surface area contributed by atoms with Crippen LogP contribution < -0.4 is 10.6 Å². The molecule has 2 amide bonds. The Bertz CT molecular complexity index is 415. The molecular formula is C14H22N2O4. The fourth-order valence-electron chi connectivity index (χ4n) is 1.77. The van der Waals surface area contributed by atoms with Crippen LogP contribution in [0, 0.1) is 5.92 Å². The van der Waals surface area contributed by atoms with E-state index < -0.39 is 0 Å². The molecule has 1 aromatic heterocycles. The lowest BCUT2D eigenvalue weighted by Crippen LogP contribution is -2.40. The van der Waals surface area contributed by atoms with Crippen molar-refractivity contribution in [3.8, 4) is 0 Å². The fourth-order valence-corrected chi connectivity index (χ4v) is 1.77. The number of aliphatic hydroxyl groups excluding tert-OH is 1. The Labute approximate surface area is 118 Å². The molecule has 112 valence electrons. The van der Waals surface area contributed by atoms with Crippen LogP contribution >= 0.6 is 0 Å². The van der Waals surface area contributed by atoms with E-state index in [4.69, 9.17) is 9.52 Å². The highest BCUT2D eigenvalue weighted by molar-refractivity contribution is 5.91. The van der Waals surface area contributed by atoms with Crippen LogP contribution in [0.2, 0.25) is 0 Å². The van der Waals surface area contributed by atoms with E-state index in [0.29, 0.717) is 6.42 Å². The summed E-state index contributed by atoms with van der Waals surface area (Å²) in [6.45, 7) is 4.26. The van der Waals surface area contributed by atoms with Crippen LogP contribution in [0.25, 0.3) is 0 Å². The van der Waals surface area contributed by atoms with Gasteiger partial charge in [-0.15, -0.1) is 0 Å². The van der Waals surface area contributed by atoms with Gasteiger partial charge in [0.15, 0.2) is 5.76 Å². The highest BCUT2D eigenvalue weighted by atomic mass is 16.3. The second kappa shape index (κ2) is 8.37. The second-order valence-corrected chi connectivity index (χ2v) is 4.91. The van der Waals surface area contributed by atoms with Crippen LogP contribution in [-0.4, -0.2) is 36.1 Å². The number of carbonyl (C=O) groups excluding carboxylic acids is 2. The first kappa shape index (κ1) is 16.2. The van der Waals surface area contributed by atoms with Gasteiger partial charge in [-0.1, -0.05) is 13.8 Å². The molecule has 20 heavy (non-hydrogen) atoms. The van der Waals surface area contributed by atoms with Crippen molar-refractivity contribution in [1.29, 1.82) is 0 Å². The number of aliphatic hydroxyl groups is 1. The van der Waals surface area contributed by atoms with Gasteiger partial charge < -0.3 is 20.2 Å². The fraction of sp³-hybridized carbons (Fsp3) is 0.571. The first-order valence-corrected chi connectivity index (χ1v) is 6.76. The first-order chi connectivity index (χ1) is 9.54. The number of rotatable bonds is 8. The standard InChI is InChI=1S/C14H22N2O4/c1-10(2)11(6-8-17)16-13(18)5-7-15-14(19)12-4-3-9-20-12/h3-4,9-11,17H,5-8H2,1-2H3,(H,15,19)(H,16,18). The lowest BCUT2D eigenvalue weighted by Gasteiger charge is -2.21. The maximum atomic E-state index is 11.7. The second-order valence-electron chi connectivity index (χ2n) is 4.91. The summed E-state index contributed by atoms with van der Waals surface area (Å²) in [6.07, 6.45) is 2.15. The Balaban J connectivity index is 2.27. The third kappa shape index (κ3) is 5.44. The summed E-state index contributed by atoms with van der Waals surface area (Å²) in [6, 6.07) is 3.14. The molecule has 1 unspecified atom stereocenters. The molecule has 0 fully saturated rings. The summed E-state index contributed by atoms with van der Waals surface area (Å²) in [4.78, 5) is 23.3. The SMILES string of the molecule is CC(C)C(CCO)NC(=O)CCNC(=O)c1ccco1. The van der Waals surface area contributed by atoms with E-state index in [0.717, 1.165) is 0 Å². The first-order valence-electron chi connectivity index (χ1n) is 6.76. The van der Waals surface area contributed by atoms with Crippen molar-refractivity contribution in [2.24, 2.45) is 5.92 Å². The van der Waals surface area contributed by atoms with Gasteiger partial charge in [0.1, 0.15) is 0 Å². The van der Waals surface area contributed by atoms with Crippen molar-refractivity contribution in [2.75, 3.05) is 13.2 Å². The van der Waals surface area contributed by atoms with Gasteiger partial charge in [0.05, 0.1) is 6.26 Å². The molecule has 6 heteroatoms. The Kier molecular flexibility index (Phi) is 6.79. The maximum absolute atomic E-state index is 11.7. The molecule has 1 atom stereocenters. The lowest BCUT2D eigenvalue weighted by molar-refractivity contribution is -0.122. The summed E-state index contributed by atoms with van der Waals surface area (Å²) < 4.78 is 4.94. The molecule has 0 aliphatic heterocycles. The van der Waals surface area contributed by atoms with Gasteiger partial charge >= 0.3 is 0 Å². The number of carbonyl (C=O) groups is 2. The van der Waals surface area contributed by atoms with Gasteiger partial charge in [-0.2, -0.15) is 0 Å². The molecule has 6 nitrogen and oxygen atoms in total. The molecule has 0 saturated heterocycles. The molecule has 1 rings (SSSR count). The Morgan fingerprint density at radius 2 is 2.15 bits per heavy atom. The molecular weight excluding hydrogens is 260 g/mol. The van der Waals surface area contributed by atoms with Crippen molar-refractivity contribution in [2.45, 2.75) is 32.7 Å². The van der Waals surface area contributed by atoms with Crippen LogP contribution in [0.15, 0.2) is 22.8 Å². The maximum Gasteiger partial charge on any atom is 0.286 e. The molecule has 3 N–H and O–H groups in total. The Morgan fingerprint density at radius 1 is 1.40 bits per heavy atom. The molecule has 1 heterocycles. The van der Waals surface area contributed by atoms with Gasteiger partial charge in [0, 0.05) is 25.6 Å². The van der Waals surface area contributed by atoms with Gasteiger partial charge in [0.2, 0.25) is 5.91 Å². The van der Waals surface area contributed by atoms with Gasteiger partial charge in [-0.3, -0.25) is 9.59 Å². The minimum absolute atomic E-state index is 0.0400.